The van der Waals surface area contributed by atoms with E-state index >= 15 is 0 Å². The molecule has 24 heavy (non-hydrogen) atoms. The Morgan fingerprint density at radius 1 is 1.08 bits per heavy atom. The monoisotopic (exact) mass is 336 g/mol. The number of halogens is 1. The SMILES string of the molecule is CCCCC#CC(/C(=C/c1ccccc1)CCl)c1ccc(C)cc1. The molecule has 0 bridgehead atoms. The maximum absolute atomic E-state index is 6.30. The summed E-state index contributed by atoms with van der Waals surface area (Å²) < 4.78 is 0. The van der Waals surface area contributed by atoms with Gasteiger partial charge in [-0.1, -0.05) is 85.5 Å². The van der Waals surface area contributed by atoms with Crippen molar-refractivity contribution in [1.82, 2.24) is 0 Å². The summed E-state index contributed by atoms with van der Waals surface area (Å²) in [6.07, 6.45) is 5.43. The third-order valence-corrected chi connectivity index (χ3v) is 4.30. The number of hydrogen-bond donors (Lipinski definition) is 0. The minimum Gasteiger partial charge on any atom is -0.122 e. The zero-order valence-corrected chi connectivity index (χ0v) is 15.3. The van der Waals surface area contributed by atoms with Crippen molar-refractivity contribution in [3.63, 3.8) is 0 Å². The van der Waals surface area contributed by atoms with Gasteiger partial charge in [-0.15, -0.1) is 17.5 Å². The van der Waals surface area contributed by atoms with Crippen molar-refractivity contribution in [2.75, 3.05) is 5.88 Å². The zero-order valence-electron chi connectivity index (χ0n) is 14.6. The Labute approximate surface area is 151 Å². The van der Waals surface area contributed by atoms with Gasteiger partial charge in [0.1, 0.15) is 0 Å². The van der Waals surface area contributed by atoms with E-state index in [1.165, 1.54) is 23.1 Å². The highest BCUT2D eigenvalue weighted by Gasteiger charge is 2.13. The number of alkyl halides is 1. The minimum atomic E-state index is 0.0557. The van der Waals surface area contributed by atoms with Crippen molar-refractivity contribution in [1.29, 1.82) is 0 Å². The lowest BCUT2D eigenvalue weighted by atomic mass is 9.90. The van der Waals surface area contributed by atoms with Gasteiger partial charge in [0.2, 0.25) is 0 Å². The summed E-state index contributed by atoms with van der Waals surface area (Å²) in [6.45, 7) is 4.30. The molecule has 0 nitrogen and oxygen atoms in total. The first kappa shape index (κ1) is 18.4. The highest BCUT2D eigenvalue weighted by atomic mass is 35.5. The molecule has 1 heteroatoms. The molecular weight excluding hydrogens is 312 g/mol. The Hall–Kier alpha value is -1.97. The summed E-state index contributed by atoms with van der Waals surface area (Å²) in [5.74, 6) is 7.35. The highest BCUT2D eigenvalue weighted by molar-refractivity contribution is 6.20. The van der Waals surface area contributed by atoms with Gasteiger partial charge in [0.25, 0.3) is 0 Å². The predicted octanol–water partition coefficient (Wildman–Crippen LogP) is 6.59. The molecule has 0 aliphatic rings. The summed E-state index contributed by atoms with van der Waals surface area (Å²) in [4.78, 5) is 0. The Kier molecular flexibility index (Phi) is 7.66. The third-order valence-electron chi connectivity index (χ3n) is 3.99. The fourth-order valence-corrected chi connectivity index (χ4v) is 2.78. The summed E-state index contributed by atoms with van der Waals surface area (Å²) >= 11 is 6.30. The van der Waals surface area contributed by atoms with Crippen molar-refractivity contribution >= 4 is 17.7 Å². The first-order chi connectivity index (χ1) is 11.7. The van der Waals surface area contributed by atoms with Crippen molar-refractivity contribution in [3.8, 4) is 11.8 Å². The lowest BCUT2D eigenvalue weighted by Gasteiger charge is -2.15. The second-order valence-corrected chi connectivity index (χ2v) is 6.30. The minimum absolute atomic E-state index is 0.0557. The van der Waals surface area contributed by atoms with Crippen LogP contribution < -0.4 is 0 Å². The van der Waals surface area contributed by atoms with Crippen LogP contribution in [-0.2, 0) is 0 Å². The van der Waals surface area contributed by atoms with Gasteiger partial charge >= 0.3 is 0 Å². The van der Waals surface area contributed by atoms with Gasteiger partial charge < -0.3 is 0 Å². The van der Waals surface area contributed by atoms with Gasteiger partial charge in [-0.3, -0.25) is 0 Å². The van der Waals surface area contributed by atoms with E-state index in [1.54, 1.807) is 0 Å². The molecule has 0 heterocycles. The van der Waals surface area contributed by atoms with Crippen molar-refractivity contribution in [3.05, 3.63) is 76.9 Å². The van der Waals surface area contributed by atoms with Gasteiger partial charge in [0.05, 0.1) is 5.92 Å². The maximum atomic E-state index is 6.30. The quantitative estimate of drug-likeness (QED) is 0.317. The number of hydrogen-bond acceptors (Lipinski definition) is 0. The van der Waals surface area contributed by atoms with Crippen LogP contribution >= 0.6 is 11.6 Å². The standard InChI is InChI=1S/C23H25Cl/c1-3-4-5-9-12-23(21-15-13-19(2)14-16-21)22(18-24)17-20-10-7-6-8-11-20/h6-8,10-11,13-17,23H,3-5,18H2,1-2H3/b22-17+. The fraction of sp³-hybridized carbons (Fsp3) is 0.304. The van der Waals surface area contributed by atoms with Crippen molar-refractivity contribution in [2.45, 2.75) is 39.0 Å². The van der Waals surface area contributed by atoms with Crippen molar-refractivity contribution in [2.24, 2.45) is 0 Å². The first-order valence-electron chi connectivity index (χ1n) is 8.61. The molecule has 2 aromatic carbocycles. The van der Waals surface area contributed by atoms with Gasteiger partial charge in [0.15, 0.2) is 0 Å². The van der Waals surface area contributed by atoms with Crippen LogP contribution in [0.5, 0.6) is 0 Å². The predicted molar refractivity (Wildman–Crippen MR) is 106 cm³/mol. The molecule has 2 aromatic rings. The van der Waals surface area contributed by atoms with Crippen LogP contribution in [0.3, 0.4) is 0 Å². The number of allylic oxidation sites excluding steroid dienone is 1. The van der Waals surface area contributed by atoms with E-state index in [-0.39, 0.29) is 5.92 Å². The van der Waals surface area contributed by atoms with E-state index in [2.05, 4.69) is 68.2 Å². The smallest absolute Gasteiger partial charge is 0.0676 e. The number of aryl methyl sites for hydroxylation is 1. The van der Waals surface area contributed by atoms with Gasteiger partial charge in [-0.25, -0.2) is 0 Å². The van der Waals surface area contributed by atoms with E-state index in [0.29, 0.717) is 5.88 Å². The second-order valence-electron chi connectivity index (χ2n) is 6.03. The second kappa shape index (κ2) is 10.0. The highest BCUT2D eigenvalue weighted by Crippen LogP contribution is 2.27. The van der Waals surface area contributed by atoms with E-state index in [0.717, 1.165) is 18.4 Å². The summed E-state index contributed by atoms with van der Waals surface area (Å²) in [6, 6.07) is 18.9. The Balaban J connectivity index is 2.36. The molecule has 0 radical (unpaired) electrons. The lowest BCUT2D eigenvalue weighted by molar-refractivity contribution is 0.826. The number of unbranched alkanes of at least 4 members (excludes halogenated alkanes) is 2. The van der Waals surface area contributed by atoms with Gasteiger partial charge in [-0.05, 0) is 30.0 Å². The average molecular weight is 337 g/mol. The molecule has 0 aliphatic heterocycles. The molecule has 2 rings (SSSR count). The van der Waals surface area contributed by atoms with Crippen molar-refractivity contribution < 1.29 is 0 Å². The summed E-state index contributed by atoms with van der Waals surface area (Å²) in [5, 5.41) is 0. The topological polar surface area (TPSA) is 0 Å². The molecule has 0 aliphatic carbocycles. The van der Waals surface area contributed by atoms with Crippen LogP contribution in [0.4, 0.5) is 0 Å². The Morgan fingerprint density at radius 3 is 2.42 bits per heavy atom. The Bertz CT molecular complexity index is 699. The Morgan fingerprint density at radius 2 is 1.79 bits per heavy atom. The molecule has 0 fully saturated rings. The molecule has 0 saturated heterocycles. The van der Waals surface area contributed by atoms with E-state index < -0.39 is 0 Å². The van der Waals surface area contributed by atoms with Gasteiger partial charge in [-0.2, -0.15) is 0 Å². The van der Waals surface area contributed by atoms with Crippen LogP contribution in [0.1, 0.15) is 48.8 Å². The van der Waals surface area contributed by atoms with Crippen LogP contribution in [0, 0.1) is 18.8 Å². The maximum Gasteiger partial charge on any atom is 0.0676 e. The normalized spacial score (nSPS) is 12.4. The molecule has 0 N–H and O–H groups in total. The molecule has 0 spiro atoms. The molecule has 124 valence electrons. The lowest BCUT2D eigenvalue weighted by Crippen LogP contribution is -2.02. The molecule has 1 unspecified atom stereocenters. The summed E-state index contributed by atoms with van der Waals surface area (Å²) in [7, 11) is 0. The van der Waals surface area contributed by atoms with Crippen LogP contribution in [-0.4, -0.2) is 5.88 Å². The van der Waals surface area contributed by atoms with Crippen LogP contribution in [0.2, 0.25) is 0 Å². The zero-order chi connectivity index (χ0) is 17.2. The van der Waals surface area contributed by atoms with Crippen LogP contribution in [0.15, 0.2) is 60.2 Å². The van der Waals surface area contributed by atoms with E-state index in [9.17, 15) is 0 Å². The largest absolute Gasteiger partial charge is 0.122 e. The van der Waals surface area contributed by atoms with Crippen LogP contribution in [0.25, 0.3) is 6.08 Å². The summed E-state index contributed by atoms with van der Waals surface area (Å²) in [5.41, 5.74) is 4.79. The molecule has 1 atom stereocenters. The molecular formula is C23H25Cl. The first-order valence-corrected chi connectivity index (χ1v) is 9.14. The number of rotatable bonds is 6. The van der Waals surface area contributed by atoms with E-state index in [4.69, 9.17) is 11.6 Å². The van der Waals surface area contributed by atoms with E-state index in [1.807, 2.05) is 18.2 Å². The van der Waals surface area contributed by atoms with Gasteiger partial charge in [0, 0.05) is 12.3 Å². The average Bonchev–Trinajstić information content (AvgIpc) is 2.62. The number of benzene rings is 2. The fourth-order valence-electron chi connectivity index (χ4n) is 2.55. The molecule has 0 saturated carbocycles. The molecule has 0 amide bonds. The third kappa shape index (κ3) is 5.59. The molecule has 0 aromatic heterocycles.